The Bertz CT molecular complexity index is 570. The van der Waals surface area contributed by atoms with E-state index in [4.69, 9.17) is 15.2 Å². The molecule has 0 bridgehead atoms. The molecule has 0 aromatic heterocycles. The van der Waals surface area contributed by atoms with E-state index >= 15 is 0 Å². The van der Waals surface area contributed by atoms with Gasteiger partial charge in [-0.3, -0.25) is 0 Å². The van der Waals surface area contributed by atoms with Gasteiger partial charge in [-0.1, -0.05) is 18.2 Å². The summed E-state index contributed by atoms with van der Waals surface area (Å²) in [6.07, 6.45) is -0.183. The molecule has 2 atom stereocenters. The van der Waals surface area contributed by atoms with Crippen LogP contribution in [-0.4, -0.2) is 13.2 Å². The van der Waals surface area contributed by atoms with Gasteiger partial charge in [0, 0.05) is 6.04 Å². The van der Waals surface area contributed by atoms with Gasteiger partial charge < -0.3 is 15.2 Å². The molecule has 0 fully saturated rings. The van der Waals surface area contributed by atoms with Crippen LogP contribution >= 0.6 is 0 Å². The van der Waals surface area contributed by atoms with Gasteiger partial charge in [0.25, 0.3) is 0 Å². The average molecular weight is 285 g/mol. The molecule has 0 saturated carbocycles. The second kappa shape index (κ2) is 6.64. The van der Waals surface area contributed by atoms with Crippen LogP contribution in [0.4, 0.5) is 0 Å². The van der Waals surface area contributed by atoms with Gasteiger partial charge >= 0.3 is 0 Å². The molecule has 21 heavy (non-hydrogen) atoms. The molecular weight excluding hydrogens is 262 g/mol. The summed E-state index contributed by atoms with van der Waals surface area (Å²) >= 11 is 0. The maximum atomic E-state index is 6.13. The van der Waals surface area contributed by atoms with Gasteiger partial charge in [0.1, 0.15) is 17.6 Å². The Hall–Kier alpha value is -2.00. The van der Waals surface area contributed by atoms with E-state index in [1.807, 2.05) is 43.3 Å². The van der Waals surface area contributed by atoms with Crippen molar-refractivity contribution in [2.45, 2.75) is 32.9 Å². The van der Waals surface area contributed by atoms with Crippen LogP contribution in [0.15, 0.2) is 42.5 Å². The fourth-order valence-corrected chi connectivity index (χ4v) is 2.42. The fourth-order valence-electron chi connectivity index (χ4n) is 2.42. The molecule has 2 aromatic carbocycles. The van der Waals surface area contributed by atoms with Gasteiger partial charge in [0.2, 0.25) is 0 Å². The van der Waals surface area contributed by atoms with Crippen LogP contribution in [-0.2, 0) is 0 Å². The first-order valence-corrected chi connectivity index (χ1v) is 7.14. The number of nitrogens with two attached hydrogens (primary N) is 1. The minimum Gasteiger partial charge on any atom is -0.497 e. The van der Waals surface area contributed by atoms with Crippen molar-refractivity contribution in [3.8, 4) is 11.5 Å². The van der Waals surface area contributed by atoms with Gasteiger partial charge in [0.05, 0.1) is 7.11 Å². The highest BCUT2D eigenvalue weighted by Crippen LogP contribution is 2.27. The average Bonchev–Trinajstić information content (AvgIpc) is 2.43. The Morgan fingerprint density at radius 1 is 0.905 bits per heavy atom. The minimum atomic E-state index is -0.183. The van der Waals surface area contributed by atoms with Crippen molar-refractivity contribution in [2.75, 3.05) is 7.11 Å². The maximum absolute atomic E-state index is 6.13. The van der Waals surface area contributed by atoms with E-state index in [1.54, 1.807) is 7.11 Å². The molecule has 0 aliphatic rings. The summed E-state index contributed by atoms with van der Waals surface area (Å²) < 4.78 is 11.3. The third-order valence-corrected chi connectivity index (χ3v) is 3.38. The monoisotopic (exact) mass is 285 g/mol. The topological polar surface area (TPSA) is 44.5 Å². The Labute approximate surface area is 126 Å². The molecule has 0 radical (unpaired) electrons. The summed E-state index contributed by atoms with van der Waals surface area (Å²) in [5, 5.41) is 0. The molecule has 0 spiro atoms. The molecule has 0 aliphatic heterocycles. The molecule has 0 heterocycles. The minimum absolute atomic E-state index is 0.112. The zero-order chi connectivity index (χ0) is 15.4. The SMILES string of the molecule is COc1ccc(C(Oc2cc(C)cc(C)c2)C(C)N)cc1. The van der Waals surface area contributed by atoms with Gasteiger partial charge in [-0.15, -0.1) is 0 Å². The first-order valence-electron chi connectivity index (χ1n) is 7.14. The zero-order valence-corrected chi connectivity index (χ0v) is 13.1. The van der Waals surface area contributed by atoms with Crippen LogP contribution in [0.3, 0.4) is 0 Å². The Morgan fingerprint density at radius 3 is 1.95 bits per heavy atom. The molecular formula is C18H23NO2. The summed E-state index contributed by atoms with van der Waals surface area (Å²) in [7, 11) is 1.66. The summed E-state index contributed by atoms with van der Waals surface area (Å²) in [5.74, 6) is 1.68. The number of hydrogen-bond acceptors (Lipinski definition) is 3. The first kappa shape index (κ1) is 15.4. The molecule has 2 unspecified atom stereocenters. The van der Waals surface area contributed by atoms with Crippen molar-refractivity contribution >= 4 is 0 Å². The largest absolute Gasteiger partial charge is 0.497 e. The van der Waals surface area contributed by atoms with E-state index in [2.05, 4.69) is 19.9 Å². The number of rotatable bonds is 5. The normalized spacial score (nSPS) is 13.6. The fraction of sp³-hybridized carbons (Fsp3) is 0.333. The summed E-state index contributed by atoms with van der Waals surface area (Å²) in [5.41, 5.74) is 9.52. The quantitative estimate of drug-likeness (QED) is 0.909. The molecule has 0 saturated heterocycles. The lowest BCUT2D eigenvalue weighted by atomic mass is 10.0. The maximum Gasteiger partial charge on any atom is 0.138 e. The summed E-state index contributed by atoms with van der Waals surface area (Å²) in [6, 6.07) is 13.9. The standard InChI is InChI=1S/C18H23NO2/c1-12-9-13(2)11-17(10-12)21-18(14(3)19)15-5-7-16(20-4)8-6-15/h5-11,14,18H,19H2,1-4H3. The van der Waals surface area contributed by atoms with Gasteiger partial charge in [-0.25, -0.2) is 0 Å². The van der Waals surface area contributed by atoms with E-state index in [1.165, 1.54) is 11.1 Å². The van der Waals surface area contributed by atoms with Crippen molar-refractivity contribution in [3.63, 3.8) is 0 Å². The van der Waals surface area contributed by atoms with E-state index < -0.39 is 0 Å². The van der Waals surface area contributed by atoms with Crippen molar-refractivity contribution in [2.24, 2.45) is 5.73 Å². The van der Waals surface area contributed by atoms with Crippen LogP contribution in [0.2, 0.25) is 0 Å². The lowest BCUT2D eigenvalue weighted by Crippen LogP contribution is -2.29. The van der Waals surface area contributed by atoms with Crippen molar-refractivity contribution in [1.82, 2.24) is 0 Å². The molecule has 3 heteroatoms. The predicted molar refractivity (Wildman–Crippen MR) is 85.9 cm³/mol. The van der Waals surface area contributed by atoms with Crippen LogP contribution < -0.4 is 15.2 Å². The van der Waals surface area contributed by atoms with E-state index in [0.29, 0.717) is 0 Å². The van der Waals surface area contributed by atoms with Crippen LogP contribution in [0, 0.1) is 13.8 Å². The third-order valence-electron chi connectivity index (χ3n) is 3.38. The molecule has 112 valence electrons. The number of methoxy groups -OCH3 is 1. The van der Waals surface area contributed by atoms with E-state index in [-0.39, 0.29) is 12.1 Å². The van der Waals surface area contributed by atoms with Crippen molar-refractivity contribution in [1.29, 1.82) is 0 Å². The van der Waals surface area contributed by atoms with Gasteiger partial charge in [0.15, 0.2) is 0 Å². The molecule has 2 rings (SSSR count). The van der Waals surface area contributed by atoms with Crippen LogP contribution in [0.25, 0.3) is 0 Å². The lowest BCUT2D eigenvalue weighted by Gasteiger charge is -2.23. The molecule has 2 N–H and O–H groups in total. The van der Waals surface area contributed by atoms with E-state index in [0.717, 1.165) is 17.1 Å². The number of ether oxygens (including phenoxy) is 2. The number of hydrogen-bond donors (Lipinski definition) is 1. The number of aryl methyl sites for hydroxylation is 2. The molecule has 0 aliphatic carbocycles. The highest BCUT2D eigenvalue weighted by atomic mass is 16.5. The summed E-state index contributed by atoms with van der Waals surface area (Å²) in [6.45, 7) is 6.08. The Balaban J connectivity index is 2.26. The lowest BCUT2D eigenvalue weighted by molar-refractivity contribution is 0.180. The van der Waals surface area contributed by atoms with Gasteiger partial charge in [-0.2, -0.15) is 0 Å². The molecule has 2 aromatic rings. The zero-order valence-electron chi connectivity index (χ0n) is 13.1. The highest BCUT2D eigenvalue weighted by molar-refractivity contribution is 5.35. The molecule has 0 amide bonds. The Kier molecular flexibility index (Phi) is 4.86. The second-order valence-electron chi connectivity index (χ2n) is 5.49. The predicted octanol–water partition coefficient (Wildman–Crippen LogP) is 3.78. The smallest absolute Gasteiger partial charge is 0.138 e. The third kappa shape index (κ3) is 3.99. The highest BCUT2D eigenvalue weighted by Gasteiger charge is 2.18. The number of benzene rings is 2. The van der Waals surface area contributed by atoms with Crippen molar-refractivity contribution in [3.05, 3.63) is 59.2 Å². The van der Waals surface area contributed by atoms with E-state index in [9.17, 15) is 0 Å². The van der Waals surface area contributed by atoms with Crippen molar-refractivity contribution < 1.29 is 9.47 Å². The Morgan fingerprint density at radius 2 is 1.48 bits per heavy atom. The van der Waals surface area contributed by atoms with Gasteiger partial charge in [-0.05, 0) is 61.7 Å². The van der Waals surface area contributed by atoms with Crippen LogP contribution in [0.5, 0.6) is 11.5 Å². The first-order chi connectivity index (χ1) is 9.99. The second-order valence-corrected chi connectivity index (χ2v) is 5.49. The summed E-state index contributed by atoms with van der Waals surface area (Å²) in [4.78, 5) is 0. The van der Waals surface area contributed by atoms with Crippen LogP contribution in [0.1, 0.15) is 29.7 Å². The molecule has 3 nitrogen and oxygen atoms in total.